The molecule has 0 bridgehead atoms. The number of hydrogen-bond donors (Lipinski definition) is 0. The Labute approximate surface area is 140 Å². The monoisotopic (exact) mass is 334 g/mol. The topological polar surface area (TPSA) is 33.2 Å². The Morgan fingerprint density at radius 1 is 1.36 bits per heavy atom. The highest BCUT2D eigenvalue weighted by atomic mass is 32.1. The van der Waals surface area contributed by atoms with Gasteiger partial charge in [0.1, 0.15) is 9.88 Å². The van der Waals surface area contributed by atoms with Gasteiger partial charge in [0.15, 0.2) is 0 Å². The van der Waals surface area contributed by atoms with Crippen molar-refractivity contribution in [3.05, 3.63) is 28.1 Å². The molecule has 1 fully saturated rings. The average Bonchev–Trinajstić information content (AvgIpc) is 3.18. The Morgan fingerprint density at radius 2 is 2.09 bits per heavy atom. The van der Waals surface area contributed by atoms with Crippen molar-refractivity contribution in [2.45, 2.75) is 58.5 Å². The number of amides is 1. The molecule has 2 aromatic heterocycles. The highest BCUT2D eigenvalue weighted by Crippen LogP contribution is 2.33. The summed E-state index contributed by atoms with van der Waals surface area (Å²) in [4.78, 5) is 21.7. The van der Waals surface area contributed by atoms with E-state index in [1.54, 1.807) is 11.3 Å². The Hall–Kier alpha value is -1.20. The van der Waals surface area contributed by atoms with Gasteiger partial charge in [-0.05, 0) is 45.1 Å². The number of nitrogens with zero attached hydrogens (tertiary/aromatic N) is 2. The van der Waals surface area contributed by atoms with Crippen molar-refractivity contribution < 1.29 is 4.79 Å². The molecule has 0 saturated heterocycles. The average molecular weight is 335 g/mol. The molecule has 0 N–H and O–H groups in total. The van der Waals surface area contributed by atoms with E-state index in [1.807, 2.05) is 18.4 Å². The molecule has 1 aliphatic rings. The molecule has 1 saturated carbocycles. The molecule has 0 spiro atoms. The molecule has 1 aliphatic carbocycles. The summed E-state index contributed by atoms with van der Waals surface area (Å²) in [5.41, 5.74) is 0.863. The van der Waals surface area contributed by atoms with Crippen molar-refractivity contribution >= 4 is 28.6 Å². The predicted octanol–water partition coefficient (Wildman–Crippen LogP) is 4.97. The molecule has 1 amide bonds. The van der Waals surface area contributed by atoms with Gasteiger partial charge in [-0.2, -0.15) is 0 Å². The van der Waals surface area contributed by atoms with Crippen molar-refractivity contribution in [2.75, 3.05) is 0 Å². The minimum atomic E-state index is 0.166. The second kappa shape index (κ2) is 6.50. The normalized spacial score (nSPS) is 15.6. The van der Waals surface area contributed by atoms with Gasteiger partial charge < -0.3 is 4.90 Å². The molecule has 0 unspecified atom stereocenters. The number of thiazole rings is 1. The van der Waals surface area contributed by atoms with Crippen LogP contribution in [0.2, 0.25) is 0 Å². The van der Waals surface area contributed by atoms with E-state index >= 15 is 0 Å². The Balaban J connectivity index is 1.90. The fraction of sp³-hybridized carbons (Fsp3) is 0.529. The number of aromatic nitrogens is 1. The molecule has 2 aromatic rings. The molecule has 3 nitrogen and oxygen atoms in total. The number of carbonyl (C=O) groups is 1. The van der Waals surface area contributed by atoms with Gasteiger partial charge in [-0.3, -0.25) is 4.79 Å². The fourth-order valence-corrected chi connectivity index (χ4v) is 5.03. The lowest BCUT2D eigenvalue weighted by Gasteiger charge is -2.32. The maximum Gasteiger partial charge on any atom is 0.266 e. The van der Waals surface area contributed by atoms with Gasteiger partial charge in [-0.15, -0.1) is 22.7 Å². The van der Waals surface area contributed by atoms with Crippen molar-refractivity contribution in [2.24, 2.45) is 0 Å². The molecule has 0 aliphatic heterocycles. The van der Waals surface area contributed by atoms with Gasteiger partial charge in [0.25, 0.3) is 5.91 Å². The summed E-state index contributed by atoms with van der Waals surface area (Å²) in [6.45, 7) is 6.19. The first-order chi connectivity index (χ1) is 10.6. The SMILES string of the molecule is Cc1nc(-c2cccs2)sc1C(=O)N(C(C)C)C1CCCC1. The summed E-state index contributed by atoms with van der Waals surface area (Å²) in [5.74, 6) is 0.166. The van der Waals surface area contributed by atoms with E-state index in [1.165, 1.54) is 24.2 Å². The zero-order valence-corrected chi connectivity index (χ0v) is 15.0. The van der Waals surface area contributed by atoms with Crippen LogP contribution in [0, 0.1) is 6.92 Å². The zero-order chi connectivity index (χ0) is 15.7. The van der Waals surface area contributed by atoms with Gasteiger partial charge in [0, 0.05) is 12.1 Å². The van der Waals surface area contributed by atoms with E-state index in [-0.39, 0.29) is 11.9 Å². The lowest BCUT2D eigenvalue weighted by molar-refractivity contribution is 0.0617. The van der Waals surface area contributed by atoms with E-state index in [2.05, 4.69) is 29.8 Å². The predicted molar refractivity (Wildman–Crippen MR) is 93.7 cm³/mol. The van der Waals surface area contributed by atoms with E-state index in [0.717, 1.165) is 33.3 Å². The maximum absolute atomic E-state index is 13.1. The van der Waals surface area contributed by atoms with E-state index in [9.17, 15) is 4.79 Å². The number of hydrogen-bond acceptors (Lipinski definition) is 4. The van der Waals surface area contributed by atoms with Crippen molar-refractivity contribution in [3.63, 3.8) is 0 Å². The highest BCUT2D eigenvalue weighted by Gasteiger charge is 2.31. The van der Waals surface area contributed by atoms with Crippen LogP contribution in [0.5, 0.6) is 0 Å². The zero-order valence-electron chi connectivity index (χ0n) is 13.3. The third-order valence-electron chi connectivity index (χ3n) is 4.23. The first kappa shape index (κ1) is 15.7. The van der Waals surface area contributed by atoms with E-state index < -0.39 is 0 Å². The molecule has 2 heterocycles. The molecule has 22 heavy (non-hydrogen) atoms. The molecule has 3 rings (SSSR count). The van der Waals surface area contributed by atoms with Gasteiger partial charge in [-0.1, -0.05) is 18.9 Å². The summed E-state index contributed by atoms with van der Waals surface area (Å²) in [6, 6.07) is 4.73. The van der Waals surface area contributed by atoms with Crippen LogP contribution < -0.4 is 0 Å². The molecular formula is C17H22N2OS2. The van der Waals surface area contributed by atoms with Crippen LogP contribution in [0.3, 0.4) is 0 Å². The third-order valence-corrected chi connectivity index (χ3v) is 6.42. The van der Waals surface area contributed by atoms with Crippen molar-refractivity contribution in [3.8, 4) is 9.88 Å². The van der Waals surface area contributed by atoms with Crippen molar-refractivity contribution in [1.29, 1.82) is 0 Å². The number of carbonyl (C=O) groups excluding carboxylic acids is 1. The van der Waals surface area contributed by atoms with Crippen LogP contribution in [0.25, 0.3) is 9.88 Å². The number of rotatable bonds is 4. The van der Waals surface area contributed by atoms with Crippen LogP contribution in [0.1, 0.15) is 54.9 Å². The van der Waals surface area contributed by atoms with Gasteiger partial charge >= 0.3 is 0 Å². The van der Waals surface area contributed by atoms with Crippen LogP contribution >= 0.6 is 22.7 Å². The summed E-state index contributed by atoms with van der Waals surface area (Å²) in [5, 5.41) is 3.01. The molecule has 0 atom stereocenters. The molecule has 0 radical (unpaired) electrons. The Morgan fingerprint density at radius 3 is 2.68 bits per heavy atom. The molecule has 0 aromatic carbocycles. The lowest BCUT2D eigenvalue weighted by atomic mass is 10.1. The Bertz CT molecular complexity index is 640. The fourth-order valence-electron chi connectivity index (χ4n) is 3.22. The minimum absolute atomic E-state index is 0.166. The van der Waals surface area contributed by atoms with E-state index in [4.69, 9.17) is 0 Å². The van der Waals surface area contributed by atoms with Gasteiger partial charge in [-0.25, -0.2) is 4.98 Å². The summed E-state index contributed by atoms with van der Waals surface area (Å²) >= 11 is 3.21. The second-order valence-electron chi connectivity index (χ2n) is 6.16. The summed E-state index contributed by atoms with van der Waals surface area (Å²) < 4.78 is 0. The largest absolute Gasteiger partial charge is 0.332 e. The first-order valence-corrected chi connectivity index (χ1v) is 9.61. The Kier molecular flexibility index (Phi) is 4.64. The molecule has 5 heteroatoms. The van der Waals surface area contributed by atoms with E-state index in [0.29, 0.717) is 6.04 Å². The van der Waals surface area contributed by atoms with Gasteiger partial charge in [0.2, 0.25) is 0 Å². The van der Waals surface area contributed by atoms with Crippen molar-refractivity contribution in [1.82, 2.24) is 9.88 Å². The van der Waals surface area contributed by atoms with Crippen LogP contribution in [0.15, 0.2) is 17.5 Å². The smallest absolute Gasteiger partial charge is 0.266 e. The lowest BCUT2D eigenvalue weighted by Crippen LogP contribution is -2.43. The maximum atomic E-state index is 13.1. The van der Waals surface area contributed by atoms with Crippen LogP contribution in [-0.2, 0) is 0 Å². The second-order valence-corrected chi connectivity index (χ2v) is 8.10. The number of aryl methyl sites for hydroxylation is 1. The summed E-state index contributed by atoms with van der Waals surface area (Å²) in [6.07, 6.45) is 4.76. The standard InChI is InChI=1S/C17H22N2OS2/c1-11(2)19(13-7-4-5-8-13)17(20)15-12(3)18-16(22-15)14-9-6-10-21-14/h6,9-11,13H,4-5,7-8H2,1-3H3. The summed E-state index contributed by atoms with van der Waals surface area (Å²) in [7, 11) is 0. The molecule has 118 valence electrons. The molecular weight excluding hydrogens is 312 g/mol. The third kappa shape index (κ3) is 2.97. The van der Waals surface area contributed by atoms with Gasteiger partial charge in [0.05, 0.1) is 10.6 Å². The quantitative estimate of drug-likeness (QED) is 0.790. The van der Waals surface area contributed by atoms with Crippen LogP contribution in [-0.4, -0.2) is 27.9 Å². The number of thiophene rings is 1. The minimum Gasteiger partial charge on any atom is -0.332 e. The highest BCUT2D eigenvalue weighted by molar-refractivity contribution is 7.22. The van der Waals surface area contributed by atoms with Crippen LogP contribution in [0.4, 0.5) is 0 Å². The first-order valence-electron chi connectivity index (χ1n) is 7.92.